The van der Waals surface area contributed by atoms with Crippen molar-refractivity contribution < 1.29 is 14.2 Å². The monoisotopic (exact) mass is 520 g/mol. The van der Waals surface area contributed by atoms with E-state index in [1.807, 2.05) is 42.2 Å². The Kier molecular flexibility index (Phi) is 11.9. The Morgan fingerprint density at radius 3 is 2.82 bits per heavy atom. The van der Waals surface area contributed by atoms with Crippen LogP contribution in [0.5, 0.6) is 11.6 Å². The molecule has 204 valence electrons. The summed E-state index contributed by atoms with van der Waals surface area (Å²) < 4.78 is 19.2. The molecular formula is C29H40N6O3. The molecule has 0 radical (unpaired) electrons. The second-order valence-corrected chi connectivity index (χ2v) is 9.27. The largest absolute Gasteiger partial charge is 0.490 e. The normalized spacial score (nSPS) is 15.1. The van der Waals surface area contributed by atoms with Gasteiger partial charge in [0.15, 0.2) is 0 Å². The molecule has 2 N–H and O–H groups in total. The zero-order chi connectivity index (χ0) is 27.2. The lowest BCUT2D eigenvalue weighted by atomic mass is 10.0. The summed E-state index contributed by atoms with van der Waals surface area (Å²) in [5.74, 6) is 1.61. The Hall–Kier alpha value is -3.64. The standard InChI is InChI=1S/C29H40N6O3/c1-4-7-8-26(6-3)35-18-27(29(34-35)38-13-11-22-19-36-20-22)33-17-23(5-2)24-9-10-25(16-30)28(15-24)37-14-12-32-21-31/h5,9-10,15,17-18,21-22,26H,4,6-8,11-14,19-20H2,1-3H3,(H2,31,32)/b23-5+,33-17?. The second kappa shape index (κ2) is 15.6. The van der Waals surface area contributed by atoms with Crippen molar-refractivity contribution in [1.82, 2.24) is 9.78 Å². The van der Waals surface area contributed by atoms with E-state index in [2.05, 4.69) is 24.9 Å². The number of allylic oxidation sites excluding steroid dienone is 2. The third kappa shape index (κ3) is 8.18. The number of ether oxygens (including phenoxy) is 3. The minimum absolute atomic E-state index is 0.310. The van der Waals surface area contributed by atoms with E-state index in [4.69, 9.17) is 30.0 Å². The molecule has 1 aromatic carbocycles. The second-order valence-electron chi connectivity index (χ2n) is 9.27. The van der Waals surface area contributed by atoms with Crippen molar-refractivity contribution in [3.05, 3.63) is 41.6 Å². The highest BCUT2D eigenvalue weighted by molar-refractivity contribution is 6.10. The van der Waals surface area contributed by atoms with Gasteiger partial charge >= 0.3 is 0 Å². The van der Waals surface area contributed by atoms with Crippen LogP contribution in [0.25, 0.3) is 5.57 Å². The van der Waals surface area contributed by atoms with Crippen molar-refractivity contribution in [3.63, 3.8) is 0 Å². The van der Waals surface area contributed by atoms with Gasteiger partial charge in [0.05, 0.1) is 50.5 Å². The number of rotatable bonds is 16. The zero-order valence-corrected chi connectivity index (χ0v) is 22.8. The molecule has 1 aliphatic rings. The fourth-order valence-electron chi connectivity index (χ4n) is 4.13. The maximum Gasteiger partial charge on any atom is 0.259 e. The molecule has 1 saturated heterocycles. The highest BCUT2D eigenvalue weighted by atomic mass is 16.5. The average Bonchev–Trinajstić information content (AvgIpc) is 3.31. The summed E-state index contributed by atoms with van der Waals surface area (Å²) in [7, 11) is 0. The van der Waals surface area contributed by atoms with Gasteiger partial charge in [-0.3, -0.25) is 9.67 Å². The van der Waals surface area contributed by atoms with E-state index in [1.165, 1.54) is 6.34 Å². The number of nitrogens with two attached hydrogens (primary N) is 1. The lowest BCUT2D eigenvalue weighted by Gasteiger charge is -2.25. The Bertz CT molecular complexity index is 1140. The molecule has 2 aromatic rings. The summed E-state index contributed by atoms with van der Waals surface area (Å²) in [5, 5.41) is 14.3. The first kappa shape index (κ1) is 28.9. The molecule has 9 heteroatoms. The fraction of sp³-hybridized carbons (Fsp3) is 0.517. The van der Waals surface area contributed by atoms with Crippen molar-refractivity contribution in [3.8, 4) is 17.7 Å². The van der Waals surface area contributed by atoms with Crippen LogP contribution in [0.15, 0.2) is 40.5 Å². The van der Waals surface area contributed by atoms with Gasteiger partial charge in [-0.1, -0.05) is 38.8 Å². The molecule has 3 rings (SSSR count). The summed E-state index contributed by atoms with van der Waals surface area (Å²) >= 11 is 0. The summed E-state index contributed by atoms with van der Waals surface area (Å²) in [6.45, 7) is 9.28. The molecule has 0 aliphatic carbocycles. The van der Waals surface area contributed by atoms with Gasteiger partial charge in [0.25, 0.3) is 5.88 Å². The van der Waals surface area contributed by atoms with E-state index in [9.17, 15) is 5.26 Å². The smallest absolute Gasteiger partial charge is 0.259 e. The number of unbranched alkanes of at least 4 members (excludes halogenated alkanes) is 1. The molecule has 1 atom stereocenters. The molecule has 0 amide bonds. The molecule has 38 heavy (non-hydrogen) atoms. The van der Waals surface area contributed by atoms with Crippen molar-refractivity contribution in [2.24, 2.45) is 21.6 Å². The van der Waals surface area contributed by atoms with E-state index >= 15 is 0 Å². The molecule has 1 fully saturated rings. The lowest BCUT2D eigenvalue weighted by Crippen LogP contribution is -2.28. The van der Waals surface area contributed by atoms with Gasteiger partial charge in [-0.05, 0) is 49.5 Å². The number of hydrogen-bond donors (Lipinski definition) is 1. The third-order valence-electron chi connectivity index (χ3n) is 6.56. The number of aliphatic imine (C=N–C) groups is 2. The van der Waals surface area contributed by atoms with Crippen LogP contribution in [0.2, 0.25) is 0 Å². The Balaban J connectivity index is 1.81. The summed E-state index contributed by atoms with van der Waals surface area (Å²) in [6, 6.07) is 7.99. The molecule has 9 nitrogen and oxygen atoms in total. The van der Waals surface area contributed by atoms with Crippen LogP contribution in [0, 0.1) is 17.2 Å². The minimum atomic E-state index is 0.310. The van der Waals surface area contributed by atoms with Crippen LogP contribution in [-0.4, -0.2) is 55.3 Å². The molecular weight excluding hydrogens is 480 g/mol. The summed E-state index contributed by atoms with van der Waals surface area (Å²) in [6.07, 6.45) is 12.3. The van der Waals surface area contributed by atoms with Gasteiger partial charge in [0.1, 0.15) is 24.1 Å². The van der Waals surface area contributed by atoms with Gasteiger partial charge < -0.3 is 19.9 Å². The van der Waals surface area contributed by atoms with Gasteiger partial charge in [-0.25, -0.2) is 4.99 Å². The van der Waals surface area contributed by atoms with Crippen LogP contribution in [0.4, 0.5) is 5.69 Å². The number of aromatic nitrogens is 2. The number of nitrogens with zero attached hydrogens (tertiary/aromatic N) is 5. The van der Waals surface area contributed by atoms with Crippen molar-refractivity contribution in [1.29, 1.82) is 5.26 Å². The zero-order valence-electron chi connectivity index (χ0n) is 22.8. The first-order chi connectivity index (χ1) is 18.6. The molecule has 1 unspecified atom stereocenters. The maximum absolute atomic E-state index is 9.49. The van der Waals surface area contributed by atoms with Crippen molar-refractivity contribution >= 4 is 23.8 Å². The van der Waals surface area contributed by atoms with Crippen LogP contribution < -0.4 is 15.2 Å². The molecule has 1 aromatic heterocycles. The molecule has 0 bridgehead atoms. The average molecular weight is 521 g/mol. The van der Waals surface area contributed by atoms with E-state index < -0.39 is 0 Å². The van der Waals surface area contributed by atoms with E-state index in [1.54, 1.807) is 6.07 Å². The van der Waals surface area contributed by atoms with Crippen LogP contribution >= 0.6 is 0 Å². The minimum Gasteiger partial charge on any atom is -0.490 e. The molecule has 0 spiro atoms. The number of nitriles is 1. The molecule has 0 saturated carbocycles. The van der Waals surface area contributed by atoms with E-state index in [0.717, 1.165) is 56.5 Å². The van der Waals surface area contributed by atoms with E-state index in [-0.39, 0.29) is 0 Å². The Morgan fingerprint density at radius 1 is 1.32 bits per heavy atom. The lowest BCUT2D eigenvalue weighted by molar-refractivity contribution is -0.0403. The maximum atomic E-state index is 9.49. The third-order valence-corrected chi connectivity index (χ3v) is 6.56. The van der Waals surface area contributed by atoms with Crippen LogP contribution in [-0.2, 0) is 4.74 Å². The van der Waals surface area contributed by atoms with Crippen molar-refractivity contribution in [2.75, 3.05) is 33.0 Å². The predicted molar refractivity (Wildman–Crippen MR) is 152 cm³/mol. The summed E-state index contributed by atoms with van der Waals surface area (Å²) in [4.78, 5) is 8.75. The number of benzene rings is 1. The predicted octanol–water partition coefficient (Wildman–Crippen LogP) is 5.48. The molecule has 1 aliphatic heterocycles. The highest BCUT2D eigenvalue weighted by Crippen LogP contribution is 2.31. The van der Waals surface area contributed by atoms with Gasteiger partial charge in [-0.15, -0.1) is 5.10 Å². The first-order valence-electron chi connectivity index (χ1n) is 13.5. The highest BCUT2D eigenvalue weighted by Gasteiger charge is 2.20. The summed E-state index contributed by atoms with van der Waals surface area (Å²) in [5.41, 5.74) is 8.24. The Morgan fingerprint density at radius 2 is 2.16 bits per heavy atom. The first-order valence-corrected chi connectivity index (χ1v) is 13.5. The van der Waals surface area contributed by atoms with Gasteiger partial charge in [0.2, 0.25) is 0 Å². The molecule has 2 heterocycles. The van der Waals surface area contributed by atoms with Crippen molar-refractivity contribution in [2.45, 2.75) is 58.9 Å². The van der Waals surface area contributed by atoms with E-state index in [0.29, 0.717) is 54.6 Å². The number of hydrogen-bond acceptors (Lipinski definition) is 7. The van der Waals surface area contributed by atoms with Gasteiger partial charge in [-0.2, -0.15) is 5.26 Å². The quantitative estimate of drug-likeness (QED) is 0.178. The van der Waals surface area contributed by atoms with Gasteiger partial charge in [0, 0.05) is 12.1 Å². The topological polar surface area (TPSA) is 120 Å². The fourth-order valence-corrected chi connectivity index (χ4v) is 4.13. The Labute approximate surface area is 226 Å². The van der Waals surface area contributed by atoms with Crippen LogP contribution in [0.1, 0.15) is 70.0 Å². The van der Waals surface area contributed by atoms with Crippen LogP contribution in [0.3, 0.4) is 0 Å². The SMILES string of the molecule is C/C=C(\C=Nc1cn(C(CC)CCCC)nc1OCCC1COC1)c1ccc(C#N)c(OCCN=CN)c1.